The van der Waals surface area contributed by atoms with Crippen LogP contribution in [0.2, 0.25) is 0 Å². The van der Waals surface area contributed by atoms with Crippen LogP contribution in [-0.2, 0) is 11.3 Å². The minimum atomic E-state index is -0.114. The van der Waals surface area contributed by atoms with Gasteiger partial charge in [0.2, 0.25) is 0 Å². The summed E-state index contributed by atoms with van der Waals surface area (Å²) < 4.78 is 5.17. The lowest BCUT2D eigenvalue weighted by atomic mass is 10.1. The Labute approximate surface area is 158 Å². The lowest BCUT2D eigenvalue weighted by Gasteiger charge is -2.23. The van der Waals surface area contributed by atoms with E-state index in [0.29, 0.717) is 31.1 Å². The largest absolute Gasteiger partial charge is 0.383 e. The minimum Gasteiger partial charge on any atom is -0.383 e. The molecule has 3 rings (SSSR count). The third-order valence-electron chi connectivity index (χ3n) is 4.31. The van der Waals surface area contributed by atoms with E-state index < -0.39 is 0 Å². The zero-order valence-corrected chi connectivity index (χ0v) is 15.5. The molecular formula is C21H22N4O2. The van der Waals surface area contributed by atoms with Crippen molar-refractivity contribution in [3.8, 4) is 11.4 Å². The molecule has 0 unspecified atom stereocenters. The molecule has 0 saturated heterocycles. The number of carbonyl (C=O) groups is 1. The molecule has 0 spiro atoms. The van der Waals surface area contributed by atoms with Gasteiger partial charge in [-0.3, -0.25) is 9.78 Å². The summed E-state index contributed by atoms with van der Waals surface area (Å²) in [5.41, 5.74) is 3.57. The Kier molecular flexibility index (Phi) is 6.22. The number of aromatic nitrogens is 3. The number of amides is 1. The van der Waals surface area contributed by atoms with Crippen molar-refractivity contribution in [2.45, 2.75) is 13.5 Å². The molecule has 138 valence electrons. The van der Waals surface area contributed by atoms with Crippen LogP contribution in [-0.4, -0.2) is 46.0 Å². The number of hydrogen-bond donors (Lipinski definition) is 0. The first-order valence-corrected chi connectivity index (χ1v) is 8.74. The number of methoxy groups -OCH3 is 1. The quantitative estimate of drug-likeness (QED) is 0.646. The Morgan fingerprint density at radius 3 is 2.44 bits per heavy atom. The SMILES string of the molecule is COCCN(Cc1ccccc1C)C(=O)c1cnc(-c2ccncc2)nc1. The second kappa shape index (κ2) is 9.00. The molecule has 0 bridgehead atoms. The van der Waals surface area contributed by atoms with Crippen LogP contribution in [0.25, 0.3) is 11.4 Å². The fraction of sp³-hybridized carbons (Fsp3) is 0.238. The van der Waals surface area contributed by atoms with Crippen molar-refractivity contribution >= 4 is 5.91 Å². The Hall–Kier alpha value is -3.12. The Morgan fingerprint density at radius 1 is 1.07 bits per heavy atom. The molecule has 6 nitrogen and oxygen atoms in total. The smallest absolute Gasteiger partial charge is 0.257 e. The van der Waals surface area contributed by atoms with Gasteiger partial charge in [0.25, 0.3) is 5.91 Å². The van der Waals surface area contributed by atoms with Crippen LogP contribution < -0.4 is 0 Å². The maximum atomic E-state index is 13.0. The number of nitrogens with zero attached hydrogens (tertiary/aromatic N) is 4. The number of benzene rings is 1. The van der Waals surface area contributed by atoms with Gasteiger partial charge in [-0.05, 0) is 30.2 Å². The average molecular weight is 362 g/mol. The molecule has 1 aromatic carbocycles. The van der Waals surface area contributed by atoms with E-state index in [2.05, 4.69) is 15.0 Å². The number of hydrogen-bond acceptors (Lipinski definition) is 5. The van der Waals surface area contributed by atoms with Crippen LogP contribution >= 0.6 is 0 Å². The van der Waals surface area contributed by atoms with Gasteiger partial charge in [0, 0.05) is 50.6 Å². The van der Waals surface area contributed by atoms with Gasteiger partial charge in [-0.25, -0.2) is 9.97 Å². The zero-order valence-electron chi connectivity index (χ0n) is 15.5. The van der Waals surface area contributed by atoms with Gasteiger partial charge < -0.3 is 9.64 Å². The standard InChI is InChI=1S/C21H22N4O2/c1-16-5-3-4-6-18(16)15-25(11-12-27-2)21(26)19-13-23-20(24-14-19)17-7-9-22-10-8-17/h3-10,13-14H,11-12,15H2,1-2H3. The van der Waals surface area contributed by atoms with E-state index in [9.17, 15) is 4.79 Å². The number of ether oxygens (including phenoxy) is 1. The van der Waals surface area contributed by atoms with E-state index in [0.717, 1.165) is 16.7 Å². The highest BCUT2D eigenvalue weighted by atomic mass is 16.5. The van der Waals surface area contributed by atoms with Gasteiger partial charge in [-0.2, -0.15) is 0 Å². The van der Waals surface area contributed by atoms with E-state index in [1.807, 2.05) is 43.3 Å². The second-order valence-corrected chi connectivity index (χ2v) is 6.18. The molecular weight excluding hydrogens is 340 g/mol. The zero-order chi connectivity index (χ0) is 19.1. The molecule has 6 heteroatoms. The summed E-state index contributed by atoms with van der Waals surface area (Å²) in [6, 6.07) is 11.7. The van der Waals surface area contributed by atoms with E-state index >= 15 is 0 Å². The average Bonchev–Trinajstić information content (AvgIpc) is 2.72. The van der Waals surface area contributed by atoms with Crippen LogP contribution in [0.15, 0.2) is 61.2 Å². The Balaban J connectivity index is 1.80. The van der Waals surface area contributed by atoms with E-state index in [1.54, 1.807) is 36.8 Å². The molecule has 1 amide bonds. The summed E-state index contributed by atoms with van der Waals surface area (Å²) in [7, 11) is 1.63. The molecule has 0 radical (unpaired) electrons. The molecule has 2 heterocycles. The van der Waals surface area contributed by atoms with Crippen molar-refractivity contribution in [1.82, 2.24) is 19.9 Å². The van der Waals surface area contributed by atoms with Crippen molar-refractivity contribution in [1.29, 1.82) is 0 Å². The second-order valence-electron chi connectivity index (χ2n) is 6.18. The molecule has 0 aliphatic rings. The maximum Gasteiger partial charge on any atom is 0.257 e. The molecule has 0 aliphatic carbocycles. The van der Waals surface area contributed by atoms with E-state index in [1.165, 1.54) is 0 Å². The first-order valence-electron chi connectivity index (χ1n) is 8.74. The summed E-state index contributed by atoms with van der Waals surface area (Å²) in [5.74, 6) is 0.452. The summed E-state index contributed by atoms with van der Waals surface area (Å²) >= 11 is 0. The van der Waals surface area contributed by atoms with Gasteiger partial charge in [0.05, 0.1) is 12.2 Å². The third-order valence-corrected chi connectivity index (χ3v) is 4.31. The van der Waals surface area contributed by atoms with Crippen LogP contribution in [0.4, 0.5) is 0 Å². The van der Waals surface area contributed by atoms with Crippen molar-refractivity contribution in [3.63, 3.8) is 0 Å². The van der Waals surface area contributed by atoms with Crippen LogP contribution in [0.3, 0.4) is 0 Å². The number of rotatable bonds is 7. The number of pyridine rings is 1. The van der Waals surface area contributed by atoms with E-state index in [4.69, 9.17) is 4.74 Å². The van der Waals surface area contributed by atoms with E-state index in [-0.39, 0.29) is 5.91 Å². The fourth-order valence-corrected chi connectivity index (χ4v) is 2.72. The molecule has 0 saturated carbocycles. The monoisotopic (exact) mass is 362 g/mol. The topological polar surface area (TPSA) is 68.2 Å². The molecule has 27 heavy (non-hydrogen) atoms. The Morgan fingerprint density at radius 2 is 1.78 bits per heavy atom. The Bertz CT molecular complexity index is 882. The fourth-order valence-electron chi connectivity index (χ4n) is 2.72. The van der Waals surface area contributed by atoms with Crippen LogP contribution in [0.1, 0.15) is 21.5 Å². The first kappa shape index (κ1) is 18.7. The van der Waals surface area contributed by atoms with Gasteiger partial charge in [-0.15, -0.1) is 0 Å². The summed E-state index contributed by atoms with van der Waals surface area (Å²) in [4.78, 5) is 27.4. The molecule has 0 fully saturated rings. The van der Waals surface area contributed by atoms with Crippen molar-refractivity contribution in [2.75, 3.05) is 20.3 Å². The summed E-state index contributed by atoms with van der Waals surface area (Å²) in [5, 5.41) is 0. The lowest BCUT2D eigenvalue weighted by Crippen LogP contribution is -2.33. The van der Waals surface area contributed by atoms with Gasteiger partial charge in [0.1, 0.15) is 0 Å². The molecule has 3 aromatic rings. The predicted octanol–water partition coefficient (Wildman–Crippen LogP) is 3.14. The van der Waals surface area contributed by atoms with Gasteiger partial charge >= 0.3 is 0 Å². The molecule has 0 aliphatic heterocycles. The van der Waals surface area contributed by atoms with Gasteiger partial charge in [-0.1, -0.05) is 24.3 Å². The third kappa shape index (κ3) is 4.74. The molecule has 0 N–H and O–H groups in total. The maximum absolute atomic E-state index is 13.0. The lowest BCUT2D eigenvalue weighted by molar-refractivity contribution is 0.0679. The normalized spacial score (nSPS) is 10.6. The van der Waals surface area contributed by atoms with Crippen molar-refractivity contribution < 1.29 is 9.53 Å². The summed E-state index contributed by atoms with van der Waals surface area (Å²) in [6.45, 7) is 3.52. The highest BCUT2D eigenvalue weighted by Crippen LogP contribution is 2.15. The number of carbonyl (C=O) groups excluding carboxylic acids is 1. The highest BCUT2D eigenvalue weighted by Gasteiger charge is 2.18. The highest BCUT2D eigenvalue weighted by molar-refractivity contribution is 5.93. The van der Waals surface area contributed by atoms with Crippen molar-refractivity contribution in [3.05, 3.63) is 77.9 Å². The van der Waals surface area contributed by atoms with Crippen LogP contribution in [0.5, 0.6) is 0 Å². The summed E-state index contributed by atoms with van der Waals surface area (Å²) in [6.07, 6.45) is 6.52. The number of aryl methyl sites for hydroxylation is 1. The predicted molar refractivity (Wildman–Crippen MR) is 103 cm³/mol. The molecule has 0 atom stereocenters. The van der Waals surface area contributed by atoms with Crippen LogP contribution in [0, 0.1) is 6.92 Å². The minimum absolute atomic E-state index is 0.114. The molecule has 2 aromatic heterocycles. The first-order chi connectivity index (χ1) is 13.2. The van der Waals surface area contributed by atoms with Gasteiger partial charge in [0.15, 0.2) is 5.82 Å². The van der Waals surface area contributed by atoms with Crippen molar-refractivity contribution in [2.24, 2.45) is 0 Å².